The summed E-state index contributed by atoms with van der Waals surface area (Å²) in [6, 6.07) is 12.5. The number of hydrogen-bond acceptors (Lipinski definition) is 5. The molecule has 4 rings (SSSR count). The van der Waals surface area contributed by atoms with Crippen molar-refractivity contribution in [2.45, 2.75) is 6.42 Å². The first kappa shape index (κ1) is 14.7. The molecule has 2 aromatic carbocycles. The van der Waals surface area contributed by atoms with E-state index in [1.165, 1.54) is 28.7 Å². The molecule has 0 aliphatic rings. The van der Waals surface area contributed by atoms with Crippen LogP contribution in [0.1, 0.15) is 10.0 Å². The summed E-state index contributed by atoms with van der Waals surface area (Å²) in [5, 5.41) is 11.6. The Bertz CT molecular complexity index is 979. The lowest BCUT2D eigenvalue weighted by molar-refractivity contribution is 0.637. The number of nitrogens with zero attached hydrogens (tertiary/aromatic N) is 3. The molecule has 0 aliphatic carbocycles. The highest BCUT2D eigenvalue weighted by molar-refractivity contribution is 7.19. The highest BCUT2D eigenvalue weighted by Crippen LogP contribution is 2.29. The molecular formula is C16H9ClFN3S2. The van der Waals surface area contributed by atoms with Crippen LogP contribution in [0, 0.1) is 5.82 Å². The average Bonchev–Trinajstić information content (AvgIpc) is 3.16. The number of fused-ring (bicyclic) bond motifs is 1. The van der Waals surface area contributed by atoms with Gasteiger partial charge >= 0.3 is 0 Å². The zero-order chi connectivity index (χ0) is 15.8. The van der Waals surface area contributed by atoms with Crippen LogP contribution >= 0.6 is 34.3 Å². The van der Waals surface area contributed by atoms with E-state index in [4.69, 9.17) is 11.6 Å². The topological polar surface area (TPSA) is 38.7 Å². The lowest BCUT2D eigenvalue weighted by Crippen LogP contribution is -1.86. The molecule has 114 valence electrons. The number of rotatable bonds is 3. The van der Waals surface area contributed by atoms with Crippen LogP contribution < -0.4 is 0 Å². The highest BCUT2D eigenvalue weighted by Gasteiger charge is 2.12. The van der Waals surface area contributed by atoms with Gasteiger partial charge in [-0.2, -0.15) is 0 Å². The molecule has 2 heterocycles. The predicted molar refractivity (Wildman–Crippen MR) is 92.7 cm³/mol. The van der Waals surface area contributed by atoms with Crippen LogP contribution in [-0.2, 0) is 6.42 Å². The van der Waals surface area contributed by atoms with Gasteiger partial charge in [0.25, 0.3) is 0 Å². The predicted octanol–water partition coefficient (Wildman–Crippen LogP) is 5.20. The molecular weight excluding hydrogens is 353 g/mol. The van der Waals surface area contributed by atoms with E-state index in [1.54, 1.807) is 6.07 Å². The van der Waals surface area contributed by atoms with Crippen molar-refractivity contribution in [1.29, 1.82) is 0 Å². The van der Waals surface area contributed by atoms with Crippen molar-refractivity contribution in [2.24, 2.45) is 0 Å². The molecule has 0 bridgehead atoms. The largest absolute Gasteiger partial charge is 0.238 e. The molecule has 2 aromatic heterocycles. The van der Waals surface area contributed by atoms with Crippen LogP contribution in [0.5, 0.6) is 0 Å². The van der Waals surface area contributed by atoms with E-state index < -0.39 is 0 Å². The SMILES string of the molecule is Fc1cccc2sc(Cc3nnc(-c4ccc(Cl)cc4)s3)nc12. The van der Waals surface area contributed by atoms with Crippen molar-refractivity contribution in [3.63, 3.8) is 0 Å². The number of para-hydroxylation sites is 1. The lowest BCUT2D eigenvalue weighted by atomic mass is 10.2. The first-order valence-electron chi connectivity index (χ1n) is 6.81. The van der Waals surface area contributed by atoms with Crippen molar-refractivity contribution in [2.75, 3.05) is 0 Å². The second kappa shape index (κ2) is 5.96. The smallest absolute Gasteiger partial charge is 0.150 e. The molecule has 3 nitrogen and oxygen atoms in total. The molecule has 0 atom stereocenters. The summed E-state index contributed by atoms with van der Waals surface area (Å²) in [7, 11) is 0. The molecule has 0 aliphatic heterocycles. The van der Waals surface area contributed by atoms with Crippen LogP contribution in [0.3, 0.4) is 0 Å². The maximum Gasteiger partial charge on any atom is 0.150 e. The van der Waals surface area contributed by atoms with Gasteiger partial charge in [0, 0.05) is 10.6 Å². The van der Waals surface area contributed by atoms with E-state index in [1.807, 2.05) is 30.3 Å². The fourth-order valence-corrected chi connectivity index (χ4v) is 4.25. The zero-order valence-electron chi connectivity index (χ0n) is 11.7. The summed E-state index contributed by atoms with van der Waals surface area (Å²) >= 11 is 8.88. The summed E-state index contributed by atoms with van der Waals surface area (Å²) < 4.78 is 14.6. The summed E-state index contributed by atoms with van der Waals surface area (Å²) in [6.45, 7) is 0. The summed E-state index contributed by atoms with van der Waals surface area (Å²) in [5.74, 6) is -0.288. The molecule has 0 unspecified atom stereocenters. The Kier molecular flexibility index (Phi) is 3.80. The number of halogens is 2. The first-order valence-corrected chi connectivity index (χ1v) is 8.82. The van der Waals surface area contributed by atoms with Crippen LogP contribution in [0.4, 0.5) is 4.39 Å². The summed E-state index contributed by atoms with van der Waals surface area (Å²) in [6.07, 6.45) is 0.560. The Morgan fingerprint density at radius 3 is 2.57 bits per heavy atom. The van der Waals surface area contributed by atoms with E-state index in [2.05, 4.69) is 15.2 Å². The minimum absolute atomic E-state index is 0.288. The molecule has 0 saturated carbocycles. The fraction of sp³-hybridized carbons (Fsp3) is 0.0625. The summed E-state index contributed by atoms with van der Waals surface area (Å²) in [5.41, 5.74) is 1.41. The van der Waals surface area contributed by atoms with Crippen molar-refractivity contribution in [3.05, 3.63) is 63.3 Å². The number of aromatic nitrogens is 3. The normalized spacial score (nSPS) is 11.2. The second-order valence-corrected chi connectivity index (χ2v) is 7.49. The van der Waals surface area contributed by atoms with Crippen LogP contribution in [0.2, 0.25) is 5.02 Å². The van der Waals surface area contributed by atoms with Gasteiger partial charge in [-0.1, -0.05) is 41.1 Å². The van der Waals surface area contributed by atoms with Gasteiger partial charge in [-0.05, 0) is 24.3 Å². The van der Waals surface area contributed by atoms with E-state index in [0.29, 0.717) is 17.0 Å². The number of hydrogen-bond donors (Lipinski definition) is 0. The number of thiazole rings is 1. The maximum absolute atomic E-state index is 13.7. The lowest BCUT2D eigenvalue weighted by Gasteiger charge is -1.94. The van der Waals surface area contributed by atoms with Gasteiger partial charge in [0.15, 0.2) is 0 Å². The molecule has 0 radical (unpaired) electrons. The van der Waals surface area contributed by atoms with Crippen molar-refractivity contribution in [1.82, 2.24) is 15.2 Å². The Balaban J connectivity index is 1.61. The van der Waals surface area contributed by atoms with Crippen LogP contribution in [0.15, 0.2) is 42.5 Å². The first-order chi connectivity index (χ1) is 11.2. The molecule has 0 spiro atoms. The molecule has 23 heavy (non-hydrogen) atoms. The standard InChI is InChI=1S/C16H9ClFN3S2/c17-10-6-4-9(5-7-10)16-21-20-14(23-16)8-13-19-15-11(18)2-1-3-12(15)22-13/h1-7H,8H2. The van der Waals surface area contributed by atoms with Crippen molar-refractivity contribution >= 4 is 44.5 Å². The Morgan fingerprint density at radius 2 is 1.78 bits per heavy atom. The molecule has 0 saturated heterocycles. The second-order valence-electron chi connectivity index (χ2n) is 4.88. The molecule has 7 heteroatoms. The Labute approximate surface area is 144 Å². The fourth-order valence-electron chi connectivity index (χ4n) is 2.20. The average molecular weight is 362 g/mol. The molecule has 0 N–H and O–H groups in total. The van der Waals surface area contributed by atoms with E-state index in [0.717, 1.165) is 25.3 Å². The maximum atomic E-state index is 13.7. The van der Waals surface area contributed by atoms with Gasteiger partial charge in [0.05, 0.1) is 11.1 Å². The molecule has 0 amide bonds. The minimum atomic E-state index is -0.288. The van der Waals surface area contributed by atoms with Crippen LogP contribution in [0.25, 0.3) is 20.8 Å². The monoisotopic (exact) mass is 361 g/mol. The molecule has 0 fully saturated rings. The van der Waals surface area contributed by atoms with Crippen molar-refractivity contribution < 1.29 is 4.39 Å². The molecule has 4 aromatic rings. The van der Waals surface area contributed by atoms with Gasteiger partial charge in [-0.25, -0.2) is 9.37 Å². The minimum Gasteiger partial charge on any atom is -0.238 e. The zero-order valence-corrected chi connectivity index (χ0v) is 14.1. The number of benzene rings is 2. The van der Waals surface area contributed by atoms with Gasteiger partial charge in [-0.15, -0.1) is 21.5 Å². The Morgan fingerprint density at radius 1 is 0.957 bits per heavy atom. The third-order valence-corrected chi connectivity index (χ3v) is 5.52. The summed E-state index contributed by atoms with van der Waals surface area (Å²) in [4.78, 5) is 4.37. The quantitative estimate of drug-likeness (QED) is 0.503. The van der Waals surface area contributed by atoms with Gasteiger partial charge < -0.3 is 0 Å². The highest BCUT2D eigenvalue weighted by atomic mass is 35.5. The Hall–Kier alpha value is -1.89. The van der Waals surface area contributed by atoms with E-state index in [9.17, 15) is 4.39 Å². The van der Waals surface area contributed by atoms with E-state index >= 15 is 0 Å². The van der Waals surface area contributed by atoms with Gasteiger partial charge in [0.1, 0.15) is 26.4 Å². The van der Waals surface area contributed by atoms with Gasteiger partial charge in [0.2, 0.25) is 0 Å². The third-order valence-electron chi connectivity index (χ3n) is 3.27. The third kappa shape index (κ3) is 2.97. The van der Waals surface area contributed by atoms with Crippen LogP contribution in [-0.4, -0.2) is 15.2 Å². The van der Waals surface area contributed by atoms with Crippen molar-refractivity contribution in [3.8, 4) is 10.6 Å². The van der Waals surface area contributed by atoms with E-state index in [-0.39, 0.29) is 5.82 Å². The van der Waals surface area contributed by atoms with Gasteiger partial charge in [-0.3, -0.25) is 0 Å².